The Labute approximate surface area is 780 Å². The maximum atomic E-state index is 13.3. The largest absolute Gasteiger partial charge is 0.478 e. The van der Waals surface area contributed by atoms with Gasteiger partial charge in [0, 0.05) is 139 Å². The molecule has 0 unspecified atom stereocenters. The van der Waals surface area contributed by atoms with Crippen molar-refractivity contribution in [3.05, 3.63) is 453 Å². The van der Waals surface area contributed by atoms with Crippen molar-refractivity contribution in [1.82, 2.24) is 87.9 Å². The minimum Gasteiger partial charge on any atom is -0.478 e. The summed E-state index contributed by atoms with van der Waals surface area (Å²) in [7, 11) is 0. The zero-order valence-electron chi connectivity index (χ0n) is 69.3. The molecule has 20 aromatic rings. The highest BCUT2D eigenvalue weighted by Crippen LogP contribution is 2.26. The fourth-order valence-corrected chi connectivity index (χ4v) is 15.3. The Hall–Kier alpha value is -15.7. The summed E-state index contributed by atoms with van der Waals surface area (Å²) >= 11 is 12.9. The molecule has 2 amide bonds. The van der Waals surface area contributed by atoms with Gasteiger partial charge in [0.2, 0.25) is 0 Å². The van der Waals surface area contributed by atoms with Crippen LogP contribution >= 0.6 is 63.7 Å². The molecule has 0 radical (unpaired) electrons. The number of para-hydroxylation sites is 5. The molecule has 29 nitrogen and oxygen atoms in total. The summed E-state index contributed by atoms with van der Waals surface area (Å²) in [6.45, 7) is 2.38. The van der Waals surface area contributed by atoms with Crippen molar-refractivity contribution >= 4 is 148 Å². The smallest absolute Gasteiger partial charge is 0.336 e. The first-order valence-electron chi connectivity index (χ1n) is 40.4. The van der Waals surface area contributed by atoms with E-state index in [-0.39, 0.29) is 34.1 Å². The molecule has 0 fully saturated rings. The predicted molar refractivity (Wildman–Crippen MR) is 518 cm³/mol. The number of fused-ring (bicyclic) bond motifs is 12. The third-order valence-electron chi connectivity index (χ3n) is 20.1. The topological polar surface area (TPSA) is 373 Å². The lowest BCUT2D eigenvalue weighted by molar-refractivity contribution is 0.0685. The summed E-state index contributed by atoms with van der Waals surface area (Å²) in [6, 6.07) is 85.8. The van der Waals surface area contributed by atoms with Crippen LogP contribution < -0.4 is 33.0 Å². The minimum absolute atomic E-state index is 0.0457. The van der Waals surface area contributed by atoms with Gasteiger partial charge in [-0.25, -0.2) is 23.1 Å². The number of rotatable bonds is 8. The number of hydrogen-bond donors (Lipinski definition) is 6. The Bertz CT molecular complexity index is 7440. The number of nitrogens with zero attached hydrogens (tertiary/aromatic N) is 16. The molecule has 131 heavy (non-hydrogen) atoms. The van der Waals surface area contributed by atoms with Crippen LogP contribution in [0.4, 0.5) is 11.4 Å². The number of H-pyrrole nitrogens is 1. The highest BCUT2D eigenvalue weighted by Gasteiger charge is 2.29. The molecule has 8 aromatic carbocycles. The lowest BCUT2D eigenvalue weighted by Gasteiger charge is -2.29. The lowest BCUT2D eigenvalue weighted by Crippen LogP contribution is -2.41. The first-order chi connectivity index (χ1) is 63.9. The fourth-order valence-electron chi connectivity index (χ4n) is 13.9. The van der Waals surface area contributed by atoms with E-state index >= 15 is 0 Å². The molecule has 0 saturated carbocycles. The van der Waals surface area contributed by atoms with E-state index in [1.807, 2.05) is 205 Å². The van der Waals surface area contributed by atoms with Gasteiger partial charge in [0.15, 0.2) is 0 Å². The van der Waals surface area contributed by atoms with Crippen molar-refractivity contribution in [3.63, 3.8) is 0 Å². The molecule has 33 heteroatoms. The van der Waals surface area contributed by atoms with E-state index in [1.165, 1.54) is 18.5 Å². The molecule has 0 atom stereocenters. The zero-order chi connectivity index (χ0) is 91.5. The number of aromatic carboxylic acids is 2. The zero-order valence-corrected chi connectivity index (χ0v) is 75.6. The number of hydrogen-bond acceptors (Lipinski definition) is 18. The SMILES string of the molecule is Nc1ccccc1.O=C(Nc1ccccc1)c1ccncc1Br.O=C(O)c1ccc(Br)cc1.O=C(O)c1ccncc1Br.O=C(c1ccc(Br)cc1)N1CCc2c(n3nccc3n(-c3ccccc3)c2=O)C1.O=c1c2c(n3nccc3n1-c1ccccc1)CNCC2.O=c1c2ccncc2n2nccc2n1-c1ccccc1.c1cn[nH]c1.c1cnc2c(c1)ccc1cccnc12. The monoisotopic (exact) mass is 1990 g/mol. The van der Waals surface area contributed by atoms with Crippen LogP contribution in [0.3, 0.4) is 0 Å². The predicted octanol–water partition coefficient (Wildman–Crippen LogP) is 17.9. The Morgan fingerprint density at radius 1 is 0.420 bits per heavy atom. The number of pyridine rings is 5. The van der Waals surface area contributed by atoms with Gasteiger partial charge in [-0.3, -0.25) is 67.7 Å². The Morgan fingerprint density at radius 2 is 0.885 bits per heavy atom. The number of carbonyl (C=O) groups is 4. The van der Waals surface area contributed by atoms with Crippen LogP contribution in [0, 0.1) is 0 Å². The number of amides is 2. The second-order valence-electron chi connectivity index (χ2n) is 28.4. The number of carboxylic acid groups (broad SMARTS) is 2. The van der Waals surface area contributed by atoms with Gasteiger partial charge in [0.25, 0.3) is 28.5 Å². The summed E-state index contributed by atoms with van der Waals surface area (Å²) in [5.41, 5.74) is 19.4. The molecule has 0 saturated heterocycles. The minimum atomic E-state index is -0.950. The van der Waals surface area contributed by atoms with E-state index in [0.29, 0.717) is 73.8 Å². The lowest BCUT2D eigenvalue weighted by atomic mass is 10.0. The van der Waals surface area contributed by atoms with Crippen molar-refractivity contribution in [2.24, 2.45) is 0 Å². The van der Waals surface area contributed by atoms with Gasteiger partial charge in [-0.15, -0.1) is 0 Å². The number of nitrogen functional groups attached to an aromatic ring is 1. The van der Waals surface area contributed by atoms with Crippen molar-refractivity contribution < 1.29 is 29.4 Å². The first kappa shape index (κ1) is 91.5. The molecule has 7 N–H and O–H groups in total. The maximum Gasteiger partial charge on any atom is 0.336 e. The Balaban J connectivity index is 0.000000123. The molecule has 2 aliphatic heterocycles. The second kappa shape index (κ2) is 44.7. The van der Waals surface area contributed by atoms with Gasteiger partial charge in [-0.2, -0.15) is 20.4 Å². The average Bonchev–Trinajstić information content (AvgIpc) is 1.65. The molecule has 0 bridgehead atoms. The van der Waals surface area contributed by atoms with E-state index in [2.05, 4.69) is 149 Å². The molecule has 22 rings (SSSR count). The molecule has 14 heterocycles. The van der Waals surface area contributed by atoms with Gasteiger partial charge in [-0.05, 0) is 197 Å². The standard InChI is InChI=1S/C22H17BrN4O2.C15H14N4O.C15H10N4O.C12H9BrN2O.C12H8N2.C7H5BrO2.C6H4BrNO2.C6H7N.C3H4N2/c23-16-8-6-15(7-9-16)21(28)25-13-11-18-19(14-25)27-20(10-12-24-27)26(22(18)29)17-4-2-1-3-5-17;2*20-15-12-6-8-16-10-13(12)19-14(7-9-17-19)18(15)11-4-2-1-3-5-11;13-11-8-14-7-6-10(11)12(16)15-9-4-2-1-3-5-9;1-3-9-5-6-10-4-2-8-14-12(10)11(9)13-7-1;8-6-3-1-5(2-4-6)7(9)10;7-5-3-8-2-1-4(5)6(9)10;7-6-4-2-1-3-5-6;1-2-4-5-3-1/h1-10,12H,11,13-14H2;1-5,7,9,16H,6,8,10H2;1-10H;1-8H,(H,15,16);1-8H;1-4H,(H,9,10);1-3H,(H,9,10);1-5H,7H2;1-3H,(H,4,5). The number of carbonyl (C=O) groups excluding carboxylic acids is 2. The average molecular weight is 2000 g/mol. The molecule has 2 aliphatic rings. The molecular weight excluding hydrogens is 1920 g/mol. The van der Waals surface area contributed by atoms with Crippen LogP contribution in [0.2, 0.25) is 0 Å². The van der Waals surface area contributed by atoms with Crippen LogP contribution in [0.15, 0.2) is 392 Å². The quantitative estimate of drug-likeness (QED) is 0.0608. The van der Waals surface area contributed by atoms with Crippen molar-refractivity contribution in [2.75, 3.05) is 24.1 Å². The first-order valence-corrected chi connectivity index (χ1v) is 43.6. The van der Waals surface area contributed by atoms with Gasteiger partial charge < -0.3 is 31.5 Å². The van der Waals surface area contributed by atoms with E-state index in [0.717, 1.165) is 100 Å². The second-order valence-corrected chi connectivity index (χ2v) is 32.0. The van der Waals surface area contributed by atoms with Crippen molar-refractivity contribution in [2.45, 2.75) is 25.9 Å². The number of benzene rings is 8. The van der Waals surface area contributed by atoms with E-state index in [4.69, 9.17) is 15.9 Å². The van der Waals surface area contributed by atoms with Crippen molar-refractivity contribution in [1.29, 1.82) is 0 Å². The number of anilines is 2. The third-order valence-corrected chi connectivity index (χ3v) is 22.4. The molecular formula is C98H78Br4N20O9. The van der Waals surface area contributed by atoms with Crippen LogP contribution in [0.5, 0.6) is 0 Å². The van der Waals surface area contributed by atoms with Gasteiger partial charge in [0.1, 0.15) is 16.9 Å². The van der Waals surface area contributed by atoms with Gasteiger partial charge in [0.05, 0.1) is 103 Å². The number of aromatic nitrogens is 16. The number of carboxylic acids is 2. The third kappa shape index (κ3) is 22.8. The molecule has 0 spiro atoms. The molecule has 652 valence electrons. The fraction of sp³-hybridized carbons (Fsp3) is 0.0612. The number of aromatic amines is 1. The highest BCUT2D eigenvalue weighted by atomic mass is 79.9. The summed E-state index contributed by atoms with van der Waals surface area (Å²) in [5.74, 6) is -2.04. The van der Waals surface area contributed by atoms with Gasteiger partial charge >= 0.3 is 11.9 Å². The number of halogens is 4. The number of nitrogens with two attached hydrogens (primary N) is 1. The van der Waals surface area contributed by atoms with Crippen molar-refractivity contribution in [3.8, 4) is 17.1 Å². The summed E-state index contributed by atoms with van der Waals surface area (Å²) < 4.78 is 13.5. The van der Waals surface area contributed by atoms with Gasteiger partial charge in [-0.1, -0.05) is 147 Å². The van der Waals surface area contributed by atoms with E-state index in [1.54, 1.807) is 144 Å². The Kier molecular flexibility index (Phi) is 31.2. The molecule has 0 aliphatic carbocycles. The summed E-state index contributed by atoms with van der Waals surface area (Å²) in [4.78, 5) is 107. The van der Waals surface area contributed by atoms with Crippen LogP contribution in [0.25, 0.3) is 66.7 Å². The maximum absolute atomic E-state index is 13.3. The summed E-state index contributed by atoms with van der Waals surface area (Å²) in [6.07, 6.45) is 22.8. The van der Waals surface area contributed by atoms with E-state index < -0.39 is 11.9 Å². The number of nitrogens with one attached hydrogen (secondary N) is 3. The van der Waals surface area contributed by atoms with Crippen LogP contribution in [-0.4, -0.2) is 130 Å². The van der Waals surface area contributed by atoms with Crippen LogP contribution in [0.1, 0.15) is 63.9 Å². The normalized spacial score (nSPS) is 11.4. The summed E-state index contributed by atoms with van der Waals surface area (Å²) in [5, 5.41) is 45.3. The Morgan fingerprint density at radius 3 is 1.36 bits per heavy atom. The highest BCUT2D eigenvalue weighted by molar-refractivity contribution is 9.11. The van der Waals surface area contributed by atoms with Crippen LogP contribution in [-0.2, 0) is 25.9 Å². The van der Waals surface area contributed by atoms with E-state index in [9.17, 15) is 33.6 Å². The molecule has 12 aromatic heterocycles.